The topological polar surface area (TPSA) is 18.5 Å². The SMILES string of the molecule is [CH2]OC(C)COCC. The van der Waals surface area contributed by atoms with E-state index in [9.17, 15) is 0 Å². The Morgan fingerprint density at radius 3 is 2.62 bits per heavy atom. The molecule has 0 aromatic rings. The minimum Gasteiger partial charge on any atom is -0.379 e. The molecular formula is C6H13O2. The van der Waals surface area contributed by atoms with Gasteiger partial charge in [-0.05, 0) is 13.8 Å². The minimum absolute atomic E-state index is 0.120. The molecule has 0 saturated heterocycles. The Morgan fingerprint density at radius 1 is 1.62 bits per heavy atom. The second-order valence-corrected chi connectivity index (χ2v) is 1.64. The van der Waals surface area contributed by atoms with Gasteiger partial charge in [0, 0.05) is 6.61 Å². The summed E-state index contributed by atoms with van der Waals surface area (Å²) >= 11 is 0. The molecule has 0 rings (SSSR count). The third kappa shape index (κ3) is 4.09. The van der Waals surface area contributed by atoms with Crippen molar-refractivity contribution in [3.05, 3.63) is 7.11 Å². The lowest BCUT2D eigenvalue weighted by Gasteiger charge is -2.06. The van der Waals surface area contributed by atoms with Gasteiger partial charge in [-0.2, -0.15) is 0 Å². The molecule has 0 aliphatic carbocycles. The molecule has 0 aliphatic heterocycles. The first-order valence-corrected chi connectivity index (χ1v) is 2.79. The second-order valence-electron chi connectivity index (χ2n) is 1.64. The lowest BCUT2D eigenvalue weighted by molar-refractivity contribution is 0.0396. The van der Waals surface area contributed by atoms with Crippen LogP contribution in [0.4, 0.5) is 0 Å². The second kappa shape index (κ2) is 5.06. The van der Waals surface area contributed by atoms with Gasteiger partial charge >= 0.3 is 0 Å². The smallest absolute Gasteiger partial charge is 0.0781 e. The molecule has 2 nitrogen and oxygen atoms in total. The van der Waals surface area contributed by atoms with Crippen LogP contribution in [-0.2, 0) is 9.47 Å². The van der Waals surface area contributed by atoms with Crippen molar-refractivity contribution < 1.29 is 9.47 Å². The van der Waals surface area contributed by atoms with E-state index in [-0.39, 0.29) is 6.10 Å². The maximum absolute atomic E-state index is 5.02. The van der Waals surface area contributed by atoms with Gasteiger partial charge in [0.2, 0.25) is 0 Å². The van der Waals surface area contributed by atoms with Gasteiger partial charge in [-0.25, -0.2) is 0 Å². The van der Waals surface area contributed by atoms with Crippen LogP contribution in [0.2, 0.25) is 0 Å². The van der Waals surface area contributed by atoms with Gasteiger partial charge in [-0.15, -0.1) is 0 Å². The van der Waals surface area contributed by atoms with Gasteiger partial charge in [0.25, 0.3) is 0 Å². The van der Waals surface area contributed by atoms with E-state index in [1.165, 1.54) is 0 Å². The first-order valence-electron chi connectivity index (χ1n) is 2.79. The fourth-order valence-corrected chi connectivity index (χ4v) is 0.332. The Hall–Kier alpha value is -0.0800. The highest BCUT2D eigenvalue weighted by atomic mass is 16.5. The third-order valence-corrected chi connectivity index (χ3v) is 0.841. The van der Waals surface area contributed by atoms with Crippen molar-refractivity contribution >= 4 is 0 Å². The van der Waals surface area contributed by atoms with Crippen LogP contribution in [-0.4, -0.2) is 19.3 Å². The zero-order valence-corrected chi connectivity index (χ0v) is 5.52. The van der Waals surface area contributed by atoms with Crippen molar-refractivity contribution in [3.8, 4) is 0 Å². The van der Waals surface area contributed by atoms with E-state index in [1.807, 2.05) is 13.8 Å². The van der Waals surface area contributed by atoms with E-state index in [2.05, 4.69) is 11.8 Å². The molecule has 1 radical (unpaired) electrons. The monoisotopic (exact) mass is 117 g/mol. The van der Waals surface area contributed by atoms with E-state index in [1.54, 1.807) is 0 Å². The van der Waals surface area contributed by atoms with Gasteiger partial charge in [0.1, 0.15) is 0 Å². The highest BCUT2D eigenvalue weighted by molar-refractivity contribution is 4.44. The van der Waals surface area contributed by atoms with Crippen molar-refractivity contribution in [2.24, 2.45) is 0 Å². The van der Waals surface area contributed by atoms with Crippen LogP contribution in [0.1, 0.15) is 13.8 Å². The quantitative estimate of drug-likeness (QED) is 0.551. The van der Waals surface area contributed by atoms with Crippen LogP contribution in [0, 0.1) is 7.11 Å². The molecule has 0 saturated carbocycles. The largest absolute Gasteiger partial charge is 0.379 e. The highest BCUT2D eigenvalue weighted by Crippen LogP contribution is 1.88. The van der Waals surface area contributed by atoms with Crippen LogP contribution in [0.5, 0.6) is 0 Å². The van der Waals surface area contributed by atoms with Crippen molar-refractivity contribution in [1.29, 1.82) is 0 Å². The fraction of sp³-hybridized carbons (Fsp3) is 0.833. The lowest BCUT2D eigenvalue weighted by atomic mass is 10.4. The Labute approximate surface area is 50.8 Å². The molecule has 0 amide bonds. The van der Waals surface area contributed by atoms with E-state index in [0.29, 0.717) is 6.61 Å². The average Bonchev–Trinajstić information content (AvgIpc) is 1.83. The Kier molecular flexibility index (Phi) is 5.01. The predicted molar refractivity (Wildman–Crippen MR) is 32.4 cm³/mol. The molecule has 1 atom stereocenters. The van der Waals surface area contributed by atoms with Crippen LogP contribution in [0.25, 0.3) is 0 Å². The van der Waals surface area contributed by atoms with Gasteiger partial charge in [0.15, 0.2) is 0 Å². The standard InChI is InChI=1S/C6H13O2/c1-4-8-5-6(2)7-3/h6H,3-5H2,1-2H3. The molecule has 0 aromatic carbocycles. The van der Waals surface area contributed by atoms with E-state index >= 15 is 0 Å². The predicted octanol–water partition coefficient (Wildman–Crippen LogP) is 1.22. The summed E-state index contributed by atoms with van der Waals surface area (Å²) in [5.41, 5.74) is 0. The number of hydrogen-bond acceptors (Lipinski definition) is 2. The van der Waals surface area contributed by atoms with Crippen LogP contribution in [0.3, 0.4) is 0 Å². The van der Waals surface area contributed by atoms with Gasteiger partial charge in [-0.3, -0.25) is 0 Å². The maximum atomic E-state index is 5.02. The molecular weight excluding hydrogens is 104 g/mol. The summed E-state index contributed by atoms with van der Waals surface area (Å²) in [5, 5.41) is 0. The normalized spacial score (nSPS) is 13.9. The number of hydrogen-bond donors (Lipinski definition) is 0. The summed E-state index contributed by atoms with van der Waals surface area (Å²) in [6.07, 6.45) is 0.120. The van der Waals surface area contributed by atoms with Crippen molar-refractivity contribution in [2.45, 2.75) is 20.0 Å². The molecule has 0 aliphatic rings. The van der Waals surface area contributed by atoms with Gasteiger partial charge < -0.3 is 9.47 Å². The summed E-state index contributed by atoms with van der Waals surface area (Å²) in [4.78, 5) is 0. The molecule has 0 N–H and O–H groups in total. The molecule has 0 aromatic heterocycles. The lowest BCUT2D eigenvalue weighted by Crippen LogP contribution is -2.12. The fourth-order valence-electron chi connectivity index (χ4n) is 0.332. The summed E-state index contributed by atoms with van der Waals surface area (Å²) in [6.45, 7) is 5.26. The molecule has 0 spiro atoms. The first kappa shape index (κ1) is 7.92. The minimum atomic E-state index is 0.120. The van der Waals surface area contributed by atoms with Crippen LogP contribution >= 0.6 is 0 Å². The number of ether oxygens (including phenoxy) is 2. The zero-order valence-electron chi connectivity index (χ0n) is 5.52. The molecule has 0 heterocycles. The summed E-state index contributed by atoms with van der Waals surface area (Å²) in [5.74, 6) is 0. The Bertz CT molecular complexity index is 45.8. The third-order valence-electron chi connectivity index (χ3n) is 0.841. The average molecular weight is 117 g/mol. The summed E-state index contributed by atoms with van der Waals surface area (Å²) < 4.78 is 9.70. The molecule has 2 heteroatoms. The zero-order chi connectivity index (χ0) is 6.41. The van der Waals surface area contributed by atoms with Crippen molar-refractivity contribution in [2.75, 3.05) is 13.2 Å². The van der Waals surface area contributed by atoms with Crippen LogP contribution in [0.15, 0.2) is 0 Å². The Balaban J connectivity index is 2.86. The molecule has 49 valence electrons. The first-order chi connectivity index (χ1) is 3.81. The van der Waals surface area contributed by atoms with Gasteiger partial charge in [-0.1, -0.05) is 0 Å². The highest BCUT2D eigenvalue weighted by Gasteiger charge is 1.95. The van der Waals surface area contributed by atoms with E-state index < -0.39 is 0 Å². The van der Waals surface area contributed by atoms with Gasteiger partial charge in [0.05, 0.1) is 19.8 Å². The van der Waals surface area contributed by atoms with E-state index in [4.69, 9.17) is 4.74 Å². The number of rotatable bonds is 4. The van der Waals surface area contributed by atoms with Crippen molar-refractivity contribution in [1.82, 2.24) is 0 Å². The Morgan fingerprint density at radius 2 is 2.25 bits per heavy atom. The van der Waals surface area contributed by atoms with Crippen molar-refractivity contribution in [3.63, 3.8) is 0 Å². The molecule has 0 fully saturated rings. The molecule has 8 heavy (non-hydrogen) atoms. The van der Waals surface area contributed by atoms with E-state index in [0.717, 1.165) is 6.61 Å². The van der Waals surface area contributed by atoms with Crippen LogP contribution < -0.4 is 0 Å². The summed E-state index contributed by atoms with van der Waals surface area (Å²) in [7, 11) is 3.26. The summed E-state index contributed by atoms with van der Waals surface area (Å²) in [6, 6.07) is 0. The maximum Gasteiger partial charge on any atom is 0.0781 e. The molecule has 0 bridgehead atoms. The molecule has 1 unspecified atom stereocenters.